The Bertz CT molecular complexity index is 1010. The molecule has 6 heteroatoms. The first-order chi connectivity index (χ1) is 14.9. The molecule has 0 bridgehead atoms. The lowest BCUT2D eigenvalue weighted by atomic mass is 9.75. The molecule has 2 unspecified atom stereocenters. The smallest absolute Gasteiger partial charge is 0.313 e. The van der Waals surface area contributed by atoms with Crippen LogP contribution in [0.15, 0.2) is 70.9 Å². The first-order valence-electron chi connectivity index (χ1n) is 10.4. The maximum atomic E-state index is 13.1. The van der Waals surface area contributed by atoms with Crippen LogP contribution >= 0.6 is 11.6 Å². The van der Waals surface area contributed by atoms with Crippen molar-refractivity contribution in [3.8, 4) is 0 Å². The second-order valence-corrected chi connectivity index (χ2v) is 8.24. The van der Waals surface area contributed by atoms with E-state index in [9.17, 15) is 14.7 Å². The molecule has 2 N–H and O–H groups in total. The number of hydrogen-bond acceptors (Lipinski definition) is 3. The number of unbranched alkanes of at least 4 members (excludes halogenated alkanes) is 1. The highest BCUT2D eigenvalue weighted by atomic mass is 35.5. The van der Waals surface area contributed by atoms with Gasteiger partial charge >= 0.3 is 5.97 Å². The van der Waals surface area contributed by atoms with Gasteiger partial charge in [-0.25, -0.2) is 0 Å². The van der Waals surface area contributed by atoms with Crippen LogP contribution in [0.5, 0.6) is 0 Å². The van der Waals surface area contributed by atoms with Gasteiger partial charge in [0.2, 0.25) is 5.91 Å². The third-order valence-electron chi connectivity index (χ3n) is 5.57. The maximum Gasteiger partial charge on any atom is 0.313 e. The van der Waals surface area contributed by atoms with E-state index in [4.69, 9.17) is 11.6 Å². The van der Waals surface area contributed by atoms with E-state index in [0.717, 1.165) is 19.3 Å². The Kier molecular flexibility index (Phi) is 7.64. The van der Waals surface area contributed by atoms with Crippen molar-refractivity contribution in [2.24, 2.45) is 10.9 Å². The number of rotatable bonds is 8. The molecule has 3 rings (SSSR count). The summed E-state index contributed by atoms with van der Waals surface area (Å²) in [6, 6.07) is 17.3. The molecular weight excluding hydrogens is 412 g/mol. The lowest BCUT2D eigenvalue weighted by molar-refractivity contribution is -0.139. The Morgan fingerprint density at radius 3 is 2.48 bits per heavy atom. The van der Waals surface area contributed by atoms with Crippen LogP contribution in [0.3, 0.4) is 0 Å². The number of carboxylic acid groups (broad SMARTS) is 1. The second-order valence-electron chi connectivity index (χ2n) is 7.80. The molecule has 0 fully saturated rings. The van der Waals surface area contributed by atoms with E-state index in [2.05, 4.69) is 22.4 Å². The fourth-order valence-corrected chi connectivity index (χ4v) is 4.31. The summed E-state index contributed by atoms with van der Waals surface area (Å²) in [5.74, 6) is -2.84. The van der Waals surface area contributed by atoms with Gasteiger partial charge in [0, 0.05) is 34.5 Å². The lowest BCUT2D eigenvalue weighted by Gasteiger charge is -2.31. The minimum Gasteiger partial charge on any atom is -0.481 e. The Morgan fingerprint density at radius 2 is 1.81 bits per heavy atom. The molecule has 31 heavy (non-hydrogen) atoms. The summed E-state index contributed by atoms with van der Waals surface area (Å²) in [5, 5.41) is 13.3. The number of nitrogens with one attached hydrogen (secondary N) is 1. The van der Waals surface area contributed by atoms with Crippen molar-refractivity contribution < 1.29 is 14.7 Å². The molecule has 2 aromatic rings. The Balaban J connectivity index is 1.74. The minimum absolute atomic E-state index is 0.273. The quantitative estimate of drug-likeness (QED) is 0.568. The summed E-state index contributed by atoms with van der Waals surface area (Å²) >= 11 is 6.17. The number of nitrogens with zero attached hydrogens (tertiary/aromatic N) is 1. The maximum absolute atomic E-state index is 13.1. The standard InChI is InChI=1S/C25H27ClN2O3/c1-16-21(24(29)27-14-7-6-11-18-9-4-3-5-10-18)23(19-12-8-13-20(26)15-19)22(25(30)31)17(2)28-16/h3-5,8-10,12-13,15,22-23H,6-7,11,14H2,1-2H3,(H,27,29)(H,30,31). The van der Waals surface area contributed by atoms with Crippen LogP contribution in [0.2, 0.25) is 5.02 Å². The van der Waals surface area contributed by atoms with Gasteiger partial charge in [0.05, 0.1) is 0 Å². The van der Waals surface area contributed by atoms with Crippen molar-refractivity contribution in [1.29, 1.82) is 0 Å². The zero-order valence-corrected chi connectivity index (χ0v) is 18.5. The number of carbonyl (C=O) groups excluding carboxylic acids is 1. The monoisotopic (exact) mass is 438 g/mol. The average Bonchev–Trinajstić information content (AvgIpc) is 2.73. The van der Waals surface area contributed by atoms with E-state index in [1.807, 2.05) is 24.3 Å². The van der Waals surface area contributed by atoms with E-state index in [0.29, 0.717) is 34.1 Å². The van der Waals surface area contributed by atoms with Gasteiger partial charge in [0.25, 0.3) is 0 Å². The van der Waals surface area contributed by atoms with Gasteiger partial charge in [-0.2, -0.15) is 0 Å². The van der Waals surface area contributed by atoms with Crippen LogP contribution in [0.4, 0.5) is 0 Å². The summed E-state index contributed by atoms with van der Waals surface area (Å²) in [6.07, 6.45) is 2.74. The fourth-order valence-electron chi connectivity index (χ4n) is 4.11. The van der Waals surface area contributed by atoms with Gasteiger partial charge in [-0.05, 0) is 56.4 Å². The number of carbonyl (C=O) groups is 2. The van der Waals surface area contributed by atoms with Crippen LogP contribution in [-0.2, 0) is 16.0 Å². The van der Waals surface area contributed by atoms with Crippen LogP contribution in [-0.4, -0.2) is 29.2 Å². The molecule has 1 amide bonds. The normalized spacial score (nSPS) is 18.5. The van der Waals surface area contributed by atoms with Crippen molar-refractivity contribution >= 4 is 29.2 Å². The van der Waals surface area contributed by atoms with E-state index >= 15 is 0 Å². The topological polar surface area (TPSA) is 78.8 Å². The predicted octanol–water partition coefficient (Wildman–Crippen LogP) is 5.01. The molecule has 2 aromatic carbocycles. The number of aliphatic carboxylic acids is 1. The van der Waals surface area contributed by atoms with Crippen molar-refractivity contribution in [3.05, 3.63) is 82.0 Å². The van der Waals surface area contributed by atoms with Crippen molar-refractivity contribution in [2.75, 3.05) is 6.54 Å². The van der Waals surface area contributed by atoms with E-state index in [-0.39, 0.29) is 5.91 Å². The molecular formula is C25H27ClN2O3. The lowest BCUT2D eigenvalue weighted by Crippen LogP contribution is -2.38. The van der Waals surface area contributed by atoms with Crippen LogP contribution in [0.25, 0.3) is 0 Å². The minimum atomic E-state index is -1.01. The Labute approximate surface area is 187 Å². The van der Waals surface area contributed by atoms with Gasteiger partial charge in [-0.1, -0.05) is 54.1 Å². The molecule has 0 saturated heterocycles. The average molecular weight is 439 g/mol. The second kappa shape index (κ2) is 10.4. The van der Waals surface area contributed by atoms with Crippen molar-refractivity contribution in [2.45, 2.75) is 39.0 Å². The van der Waals surface area contributed by atoms with E-state index < -0.39 is 17.8 Å². The molecule has 2 atom stereocenters. The summed E-state index contributed by atoms with van der Waals surface area (Å²) in [7, 11) is 0. The molecule has 0 saturated carbocycles. The third-order valence-corrected chi connectivity index (χ3v) is 5.80. The van der Waals surface area contributed by atoms with Crippen LogP contribution < -0.4 is 5.32 Å². The first kappa shape index (κ1) is 22.8. The zero-order valence-electron chi connectivity index (χ0n) is 17.8. The summed E-state index contributed by atoms with van der Waals surface area (Å²) in [6.45, 7) is 3.96. The molecule has 0 spiro atoms. The van der Waals surface area contributed by atoms with Gasteiger partial charge in [0.15, 0.2) is 0 Å². The van der Waals surface area contributed by atoms with Gasteiger partial charge < -0.3 is 10.4 Å². The largest absolute Gasteiger partial charge is 0.481 e. The molecule has 162 valence electrons. The Morgan fingerprint density at radius 1 is 1.06 bits per heavy atom. The molecule has 1 aliphatic rings. The summed E-state index contributed by atoms with van der Waals surface area (Å²) in [5.41, 5.74) is 3.39. The van der Waals surface area contributed by atoms with E-state index in [1.165, 1.54) is 5.56 Å². The summed E-state index contributed by atoms with van der Waals surface area (Å²) in [4.78, 5) is 29.6. The zero-order chi connectivity index (χ0) is 22.4. The number of halogens is 1. The number of amides is 1. The van der Waals surface area contributed by atoms with Crippen molar-refractivity contribution in [1.82, 2.24) is 5.32 Å². The molecule has 0 aliphatic carbocycles. The third kappa shape index (κ3) is 5.61. The predicted molar refractivity (Wildman–Crippen MR) is 124 cm³/mol. The van der Waals surface area contributed by atoms with Gasteiger partial charge in [-0.15, -0.1) is 0 Å². The van der Waals surface area contributed by atoms with E-state index in [1.54, 1.807) is 32.0 Å². The number of benzene rings is 2. The fraction of sp³-hybridized carbons (Fsp3) is 0.320. The van der Waals surface area contributed by atoms with Crippen molar-refractivity contribution in [3.63, 3.8) is 0 Å². The molecule has 0 aromatic heterocycles. The highest BCUT2D eigenvalue weighted by Crippen LogP contribution is 2.39. The Hall–Kier alpha value is -2.92. The number of aliphatic imine (C=N–C) groups is 1. The number of aryl methyl sites for hydroxylation is 1. The molecule has 0 radical (unpaired) electrons. The number of allylic oxidation sites excluding steroid dienone is 1. The van der Waals surface area contributed by atoms with Crippen LogP contribution in [0.1, 0.15) is 43.7 Å². The SMILES string of the molecule is CC1=NC(C)=C(C(=O)NCCCCc2ccccc2)C(c2cccc(Cl)c2)C1C(=O)O. The highest BCUT2D eigenvalue weighted by molar-refractivity contribution is 6.30. The summed E-state index contributed by atoms with van der Waals surface area (Å²) < 4.78 is 0. The number of carboxylic acids is 1. The van der Waals surface area contributed by atoms with Gasteiger partial charge in [-0.3, -0.25) is 14.6 Å². The molecule has 1 aliphatic heterocycles. The highest BCUT2D eigenvalue weighted by Gasteiger charge is 2.40. The van der Waals surface area contributed by atoms with Crippen LogP contribution in [0, 0.1) is 5.92 Å². The molecule has 5 nitrogen and oxygen atoms in total. The number of hydrogen-bond donors (Lipinski definition) is 2. The first-order valence-corrected chi connectivity index (χ1v) is 10.8. The van der Waals surface area contributed by atoms with Gasteiger partial charge in [0.1, 0.15) is 5.92 Å². The molecule has 1 heterocycles.